The van der Waals surface area contributed by atoms with Gasteiger partial charge in [0.15, 0.2) is 5.16 Å². The van der Waals surface area contributed by atoms with Gasteiger partial charge in [-0.3, -0.25) is 14.2 Å². The number of carbonyl (C=O) groups excluding carboxylic acids is 1. The lowest BCUT2D eigenvalue weighted by molar-refractivity contribution is -0.113. The number of carbonyl (C=O) groups is 1. The van der Waals surface area contributed by atoms with Gasteiger partial charge in [-0.1, -0.05) is 23.4 Å². The second-order valence-corrected chi connectivity index (χ2v) is 10.8. The normalized spacial score (nSPS) is 12.7. The topological polar surface area (TPSA) is 67.2 Å². The van der Waals surface area contributed by atoms with Crippen molar-refractivity contribution in [1.29, 1.82) is 0 Å². The molecule has 1 aliphatic carbocycles. The molecule has 4 aromatic rings. The zero-order chi connectivity index (χ0) is 23.8. The van der Waals surface area contributed by atoms with Gasteiger partial charge in [-0.15, -0.1) is 11.3 Å². The molecule has 0 atom stereocenters. The lowest BCUT2D eigenvalue weighted by atomic mass is 10.2. The number of hydrogen-bond acceptors (Lipinski definition) is 6. The molecule has 6 nitrogen and oxygen atoms in total. The predicted octanol–water partition coefficient (Wildman–Crippen LogP) is 5.39. The molecule has 1 amide bonds. The van der Waals surface area contributed by atoms with Crippen molar-refractivity contribution in [2.45, 2.75) is 24.4 Å². The van der Waals surface area contributed by atoms with Gasteiger partial charge >= 0.3 is 0 Å². The van der Waals surface area contributed by atoms with Gasteiger partial charge in [-0.25, -0.2) is 4.98 Å². The predicted molar refractivity (Wildman–Crippen MR) is 142 cm³/mol. The fourth-order valence-corrected chi connectivity index (χ4v) is 6.35. The fourth-order valence-electron chi connectivity index (χ4n) is 4.11. The number of thiophene rings is 1. The highest BCUT2D eigenvalue weighted by molar-refractivity contribution is 7.99. The van der Waals surface area contributed by atoms with Gasteiger partial charge in [0, 0.05) is 35.4 Å². The Balaban J connectivity index is 1.45. The number of halogens is 1. The first-order valence-electron chi connectivity index (χ1n) is 10.9. The number of fused-ring (bicyclic) bond motifs is 3. The minimum Gasteiger partial charge on any atom is -0.378 e. The number of aromatic nitrogens is 2. The molecule has 2 aromatic heterocycles. The zero-order valence-corrected chi connectivity index (χ0v) is 21.2. The molecular weight excluding hydrogens is 488 g/mol. The molecule has 2 aromatic carbocycles. The van der Waals surface area contributed by atoms with Crippen molar-refractivity contribution < 1.29 is 4.79 Å². The van der Waals surface area contributed by atoms with Crippen molar-refractivity contribution >= 4 is 62.2 Å². The Kier molecular flexibility index (Phi) is 6.38. The Bertz CT molecular complexity index is 1430. The average Bonchev–Trinajstić information content (AvgIpc) is 3.40. The maximum Gasteiger partial charge on any atom is 0.267 e. The molecule has 0 radical (unpaired) electrons. The molecule has 1 N–H and O–H groups in total. The molecule has 0 fully saturated rings. The number of rotatable bonds is 6. The summed E-state index contributed by atoms with van der Waals surface area (Å²) in [6.07, 6.45) is 2.98. The van der Waals surface area contributed by atoms with Crippen LogP contribution in [0, 0.1) is 0 Å². The highest BCUT2D eigenvalue weighted by Gasteiger charge is 2.24. The van der Waals surface area contributed by atoms with Crippen molar-refractivity contribution in [3.63, 3.8) is 0 Å². The van der Waals surface area contributed by atoms with E-state index in [-0.39, 0.29) is 17.2 Å². The first-order chi connectivity index (χ1) is 16.4. The number of nitrogens with one attached hydrogen (secondary N) is 1. The van der Waals surface area contributed by atoms with Crippen molar-refractivity contribution in [2.75, 3.05) is 30.1 Å². The molecule has 0 saturated carbocycles. The molecule has 9 heteroatoms. The summed E-state index contributed by atoms with van der Waals surface area (Å²) in [7, 11) is 3.94. The van der Waals surface area contributed by atoms with Crippen molar-refractivity contribution in [3.8, 4) is 5.69 Å². The quantitative estimate of drug-likeness (QED) is 0.278. The third-order valence-electron chi connectivity index (χ3n) is 5.79. The zero-order valence-electron chi connectivity index (χ0n) is 18.8. The second kappa shape index (κ2) is 9.44. The van der Waals surface area contributed by atoms with Gasteiger partial charge in [-0.2, -0.15) is 0 Å². The molecule has 0 aliphatic heterocycles. The summed E-state index contributed by atoms with van der Waals surface area (Å²) >= 11 is 8.93. The number of hydrogen-bond donors (Lipinski definition) is 1. The Morgan fingerprint density at radius 1 is 1.15 bits per heavy atom. The highest BCUT2D eigenvalue weighted by atomic mass is 35.5. The van der Waals surface area contributed by atoms with Crippen LogP contribution >= 0.6 is 34.7 Å². The van der Waals surface area contributed by atoms with Crippen molar-refractivity contribution in [1.82, 2.24) is 9.55 Å². The Morgan fingerprint density at radius 3 is 2.59 bits per heavy atom. The van der Waals surface area contributed by atoms with Gasteiger partial charge < -0.3 is 10.2 Å². The number of nitrogens with zero attached hydrogens (tertiary/aromatic N) is 3. The summed E-state index contributed by atoms with van der Waals surface area (Å²) in [6.45, 7) is 0. The van der Waals surface area contributed by atoms with E-state index in [2.05, 4.69) is 5.32 Å². The number of thioether (sulfide) groups is 1. The van der Waals surface area contributed by atoms with Gasteiger partial charge in [0.25, 0.3) is 5.56 Å². The van der Waals surface area contributed by atoms with E-state index in [0.717, 1.165) is 41.0 Å². The summed E-state index contributed by atoms with van der Waals surface area (Å²) in [4.78, 5) is 35.2. The molecule has 5 rings (SSSR count). The van der Waals surface area contributed by atoms with Crippen LogP contribution in [0.1, 0.15) is 16.9 Å². The minimum atomic E-state index is -0.159. The van der Waals surface area contributed by atoms with Crippen LogP contribution in [0.25, 0.3) is 15.9 Å². The third kappa shape index (κ3) is 4.45. The van der Waals surface area contributed by atoms with Crippen LogP contribution in [-0.2, 0) is 17.6 Å². The van der Waals surface area contributed by atoms with Crippen LogP contribution in [0.5, 0.6) is 0 Å². The molecular formula is C25H23ClN4O2S2. The van der Waals surface area contributed by atoms with E-state index >= 15 is 0 Å². The Morgan fingerprint density at radius 2 is 1.88 bits per heavy atom. The van der Waals surface area contributed by atoms with E-state index in [1.807, 2.05) is 43.3 Å². The molecule has 174 valence electrons. The number of aryl methyl sites for hydroxylation is 2. The van der Waals surface area contributed by atoms with E-state index in [9.17, 15) is 9.59 Å². The van der Waals surface area contributed by atoms with Crippen LogP contribution in [-0.4, -0.2) is 35.3 Å². The average molecular weight is 511 g/mol. The van der Waals surface area contributed by atoms with Gasteiger partial charge in [0.05, 0.1) is 16.8 Å². The van der Waals surface area contributed by atoms with E-state index in [4.69, 9.17) is 16.6 Å². The van der Waals surface area contributed by atoms with Crippen LogP contribution < -0.4 is 15.8 Å². The Hall–Kier alpha value is -2.81. The number of anilines is 2. The smallest absolute Gasteiger partial charge is 0.267 e. The summed E-state index contributed by atoms with van der Waals surface area (Å²) in [5.41, 5.74) is 3.51. The first-order valence-corrected chi connectivity index (χ1v) is 13.1. The van der Waals surface area contributed by atoms with Crippen LogP contribution in [0.3, 0.4) is 0 Å². The minimum absolute atomic E-state index is 0.0890. The molecule has 0 unspecified atom stereocenters. The maximum absolute atomic E-state index is 13.7. The second-order valence-electron chi connectivity index (χ2n) is 8.33. The van der Waals surface area contributed by atoms with E-state index in [1.54, 1.807) is 40.2 Å². The summed E-state index contributed by atoms with van der Waals surface area (Å²) < 4.78 is 1.60. The van der Waals surface area contributed by atoms with E-state index < -0.39 is 0 Å². The fraction of sp³-hybridized carbons (Fsp3) is 0.240. The standard InChI is InChI=1S/C25H23ClN4O2S2/c1-29(2)17-12-8-16(9-13-17)27-21(31)14-33-25-28-23-22(19-4-3-5-20(19)34-23)24(32)30(25)18-10-6-15(26)7-11-18/h6-13H,3-5,14H2,1-2H3,(H,27,31). The molecule has 2 heterocycles. The molecule has 0 saturated heterocycles. The third-order valence-corrected chi connectivity index (χ3v) is 8.17. The van der Waals surface area contributed by atoms with Crippen LogP contribution in [0.4, 0.5) is 11.4 Å². The van der Waals surface area contributed by atoms with Gasteiger partial charge in [-0.05, 0) is 73.4 Å². The van der Waals surface area contributed by atoms with Gasteiger partial charge in [0.2, 0.25) is 5.91 Å². The number of benzene rings is 2. The van der Waals surface area contributed by atoms with E-state index in [1.165, 1.54) is 16.6 Å². The molecule has 34 heavy (non-hydrogen) atoms. The first kappa shape index (κ1) is 23.0. The summed E-state index contributed by atoms with van der Waals surface area (Å²) in [6, 6.07) is 14.8. The largest absolute Gasteiger partial charge is 0.378 e. The summed E-state index contributed by atoms with van der Waals surface area (Å²) in [5, 5.41) is 4.72. The monoisotopic (exact) mass is 510 g/mol. The number of amides is 1. The highest BCUT2D eigenvalue weighted by Crippen LogP contribution is 2.36. The molecule has 1 aliphatic rings. The van der Waals surface area contributed by atoms with Gasteiger partial charge in [0.1, 0.15) is 4.83 Å². The lowest BCUT2D eigenvalue weighted by Gasteiger charge is -2.14. The Labute approximate surface area is 210 Å². The maximum atomic E-state index is 13.7. The summed E-state index contributed by atoms with van der Waals surface area (Å²) in [5.74, 6) is -0.0280. The van der Waals surface area contributed by atoms with Crippen molar-refractivity contribution in [3.05, 3.63) is 74.3 Å². The molecule has 0 spiro atoms. The van der Waals surface area contributed by atoms with E-state index in [0.29, 0.717) is 21.3 Å². The van der Waals surface area contributed by atoms with Crippen LogP contribution in [0.2, 0.25) is 5.02 Å². The van der Waals surface area contributed by atoms with Crippen molar-refractivity contribution in [2.24, 2.45) is 0 Å². The SMILES string of the molecule is CN(C)c1ccc(NC(=O)CSc2nc3sc4c(c3c(=O)n2-c2ccc(Cl)cc2)CCC4)cc1. The molecule has 0 bridgehead atoms. The van der Waals surface area contributed by atoms with Crippen LogP contribution in [0.15, 0.2) is 58.5 Å². The lowest BCUT2D eigenvalue weighted by Crippen LogP contribution is -2.23.